The number of nitrogens with zero attached hydrogens (tertiary/aromatic N) is 1. The van der Waals surface area contributed by atoms with E-state index < -0.39 is 5.91 Å². The van der Waals surface area contributed by atoms with E-state index in [2.05, 4.69) is 10.6 Å². The van der Waals surface area contributed by atoms with E-state index in [1.54, 1.807) is 24.3 Å². The molecule has 0 spiro atoms. The van der Waals surface area contributed by atoms with Gasteiger partial charge in [0.2, 0.25) is 5.91 Å². The highest BCUT2D eigenvalue weighted by Gasteiger charge is 2.23. The molecule has 6 heteroatoms. The van der Waals surface area contributed by atoms with Crippen LogP contribution in [0.15, 0.2) is 54.6 Å². The molecular formula is C20H24N4O2. The maximum atomic E-state index is 12.5. The van der Waals surface area contributed by atoms with E-state index in [1.165, 1.54) is 0 Å². The van der Waals surface area contributed by atoms with Crippen molar-refractivity contribution in [3.63, 3.8) is 0 Å². The highest BCUT2D eigenvalue weighted by molar-refractivity contribution is 5.92. The number of urea groups is 1. The van der Waals surface area contributed by atoms with Gasteiger partial charge in [0.05, 0.1) is 0 Å². The molecule has 4 N–H and O–H groups in total. The monoisotopic (exact) mass is 352 g/mol. The molecule has 0 bridgehead atoms. The number of nitrogens with one attached hydrogen (secondary N) is 2. The van der Waals surface area contributed by atoms with Crippen LogP contribution < -0.4 is 16.4 Å². The number of benzene rings is 2. The van der Waals surface area contributed by atoms with E-state index in [1.807, 2.05) is 35.2 Å². The van der Waals surface area contributed by atoms with E-state index in [0.717, 1.165) is 30.6 Å². The van der Waals surface area contributed by atoms with Gasteiger partial charge in [-0.2, -0.15) is 0 Å². The smallest absolute Gasteiger partial charge is 0.317 e. The number of anilines is 1. The zero-order valence-corrected chi connectivity index (χ0v) is 14.7. The Hall–Kier alpha value is -3.02. The van der Waals surface area contributed by atoms with Crippen LogP contribution in [-0.2, 0) is 6.54 Å². The quantitative estimate of drug-likeness (QED) is 0.773. The van der Waals surface area contributed by atoms with E-state index >= 15 is 0 Å². The standard InChI is InChI=1S/C20H24N4O2/c21-19(25)16-10-8-15(9-11-16)13-22-20(26)24-12-4-7-18(14-24)23-17-5-2-1-3-6-17/h1-3,5-6,8-11,18,23H,4,7,12-14H2,(H2,21,25)(H,22,26). The first kappa shape index (κ1) is 17.8. The molecule has 0 radical (unpaired) electrons. The van der Waals surface area contributed by atoms with Gasteiger partial charge in [-0.05, 0) is 42.7 Å². The lowest BCUT2D eigenvalue weighted by Crippen LogP contribution is -2.48. The molecule has 2 aromatic carbocycles. The summed E-state index contributed by atoms with van der Waals surface area (Å²) >= 11 is 0. The largest absolute Gasteiger partial charge is 0.381 e. The van der Waals surface area contributed by atoms with Crippen molar-refractivity contribution in [2.24, 2.45) is 5.73 Å². The number of para-hydroxylation sites is 1. The Kier molecular flexibility index (Phi) is 5.73. The third-order valence-corrected chi connectivity index (χ3v) is 4.54. The van der Waals surface area contributed by atoms with Crippen LogP contribution >= 0.6 is 0 Å². The molecule has 1 heterocycles. The number of likely N-dealkylation sites (tertiary alicyclic amines) is 1. The van der Waals surface area contributed by atoms with Crippen molar-refractivity contribution in [1.29, 1.82) is 0 Å². The summed E-state index contributed by atoms with van der Waals surface area (Å²) in [5.74, 6) is -0.453. The number of amides is 3. The Morgan fingerprint density at radius 3 is 2.50 bits per heavy atom. The van der Waals surface area contributed by atoms with Crippen LogP contribution in [0.1, 0.15) is 28.8 Å². The van der Waals surface area contributed by atoms with Crippen LogP contribution in [0, 0.1) is 0 Å². The number of nitrogens with two attached hydrogens (primary N) is 1. The summed E-state index contributed by atoms with van der Waals surface area (Å²) < 4.78 is 0. The number of piperidine rings is 1. The zero-order chi connectivity index (χ0) is 18.4. The van der Waals surface area contributed by atoms with Crippen molar-refractivity contribution in [3.05, 3.63) is 65.7 Å². The van der Waals surface area contributed by atoms with E-state index in [-0.39, 0.29) is 12.1 Å². The average Bonchev–Trinajstić information content (AvgIpc) is 2.67. The topological polar surface area (TPSA) is 87.5 Å². The van der Waals surface area contributed by atoms with Gasteiger partial charge in [-0.25, -0.2) is 4.79 Å². The van der Waals surface area contributed by atoms with Crippen molar-refractivity contribution >= 4 is 17.6 Å². The maximum Gasteiger partial charge on any atom is 0.317 e. The summed E-state index contributed by atoms with van der Waals surface area (Å²) in [6.45, 7) is 1.87. The minimum Gasteiger partial charge on any atom is -0.381 e. The highest BCUT2D eigenvalue weighted by atomic mass is 16.2. The third kappa shape index (κ3) is 4.75. The Balaban J connectivity index is 1.50. The molecular weight excluding hydrogens is 328 g/mol. The molecule has 1 aliphatic rings. The fourth-order valence-corrected chi connectivity index (χ4v) is 3.13. The van der Waals surface area contributed by atoms with Crippen LogP contribution in [0.5, 0.6) is 0 Å². The van der Waals surface area contributed by atoms with Gasteiger partial charge in [0.1, 0.15) is 0 Å². The van der Waals surface area contributed by atoms with Gasteiger partial charge in [-0.15, -0.1) is 0 Å². The fraction of sp³-hybridized carbons (Fsp3) is 0.300. The van der Waals surface area contributed by atoms with Crippen LogP contribution in [0.25, 0.3) is 0 Å². The molecule has 3 amide bonds. The molecule has 6 nitrogen and oxygen atoms in total. The van der Waals surface area contributed by atoms with E-state index in [0.29, 0.717) is 18.7 Å². The van der Waals surface area contributed by atoms with Gasteiger partial charge in [0.15, 0.2) is 0 Å². The Bertz CT molecular complexity index is 746. The van der Waals surface area contributed by atoms with Crippen LogP contribution in [0.4, 0.5) is 10.5 Å². The van der Waals surface area contributed by atoms with Crippen LogP contribution in [-0.4, -0.2) is 36.0 Å². The molecule has 1 unspecified atom stereocenters. The number of rotatable bonds is 5. The molecule has 1 aliphatic heterocycles. The maximum absolute atomic E-state index is 12.5. The summed E-state index contributed by atoms with van der Waals surface area (Å²) in [7, 11) is 0. The molecule has 3 rings (SSSR count). The molecule has 1 fully saturated rings. The van der Waals surface area contributed by atoms with Gasteiger partial charge in [-0.1, -0.05) is 30.3 Å². The molecule has 2 aromatic rings. The van der Waals surface area contributed by atoms with Gasteiger partial charge < -0.3 is 21.3 Å². The summed E-state index contributed by atoms with van der Waals surface area (Å²) in [4.78, 5) is 25.4. The second-order valence-corrected chi connectivity index (χ2v) is 6.52. The summed E-state index contributed by atoms with van der Waals surface area (Å²) in [6.07, 6.45) is 2.03. The normalized spacial score (nSPS) is 16.8. The second-order valence-electron chi connectivity index (χ2n) is 6.52. The predicted octanol–water partition coefficient (Wildman–Crippen LogP) is 2.57. The lowest BCUT2D eigenvalue weighted by Gasteiger charge is -2.33. The number of hydrogen-bond donors (Lipinski definition) is 3. The van der Waals surface area contributed by atoms with Crippen molar-refractivity contribution in [3.8, 4) is 0 Å². The van der Waals surface area contributed by atoms with Gasteiger partial charge >= 0.3 is 6.03 Å². The van der Waals surface area contributed by atoms with E-state index in [4.69, 9.17) is 5.73 Å². The molecule has 0 saturated carbocycles. The zero-order valence-electron chi connectivity index (χ0n) is 14.7. The summed E-state index contributed by atoms with van der Waals surface area (Å²) in [5, 5.41) is 6.44. The molecule has 0 aliphatic carbocycles. The highest BCUT2D eigenvalue weighted by Crippen LogP contribution is 2.16. The fourth-order valence-electron chi connectivity index (χ4n) is 3.13. The first-order valence-electron chi connectivity index (χ1n) is 8.85. The second kappa shape index (κ2) is 8.38. The lowest BCUT2D eigenvalue weighted by molar-refractivity contribution is 0.1000. The Morgan fingerprint density at radius 2 is 1.81 bits per heavy atom. The van der Waals surface area contributed by atoms with Crippen LogP contribution in [0.2, 0.25) is 0 Å². The van der Waals surface area contributed by atoms with Crippen molar-refractivity contribution in [2.75, 3.05) is 18.4 Å². The SMILES string of the molecule is NC(=O)c1ccc(CNC(=O)N2CCCC(Nc3ccccc3)C2)cc1. The Labute approximate surface area is 153 Å². The molecule has 0 aromatic heterocycles. The Morgan fingerprint density at radius 1 is 1.08 bits per heavy atom. The number of primary amides is 1. The number of hydrogen-bond acceptors (Lipinski definition) is 3. The molecule has 1 atom stereocenters. The first-order valence-corrected chi connectivity index (χ1v) is 8.85. The van der Waals surface area contributed by atoms with Crippen molar-refractivity contribution < 1.29 is 9.59 Å². The minimum absolute atomic E-state index is 0.0662. The lowest BCUT2D eigenvalue weighted by atomic mass is 10.1. The minimum atomic E-state index is -0.453. The summed E-state index contributed by atoms with van der Waals surface area (Å²) in [6, 6.07) is 17.2. The molecule has 136 valence electrons. The van der Waals surface area contributed by atoms with Crippen LogP contribution in [0.3, 0.4) is 0 Å². The molecule has 1 saturated heterocycles. The number of carbonyl (C=O) groups is 2. The van der Waals surface area contributed by atoms with Gasteiger partial charge in [0, 0.05) is 36.9 Å². The van der Waals surface area contributed by atoms with Gasteiger partial charge in [-0.3, -0.25) is 4.79 Å². The predicted molar refractivity (Wildman–Crippen MR) is 102 cm³/mol. The summed E-state index contributed by atoms with van der Waals surface area (Å²) in [5.41, 5.74) is 7.70. The van der Waals surface area contributed by atoms with E-state index in [9.17, 15) is 9.59 Å². The number of carbonyl (C=O) groups excluding carboxylic acids is 2. The van der Waals surface area contributed by atoms with Gasteiger partial charge in [0.25, 0.3) is 0 Å². The average molecular weight is 352 g/mol. The first-order chi connectivity index (χ1) is 12.6. The van der Waals surface area contributed by atoms with Crippen molar-refractivity contribution in [1.82, 2.24) is 10.2 Å². The third-order valence-electron chi connectivity index (χ3n) is 4.54. The molecule has 26 heavy (non-hydrogen) atoms. The van der Waals surface area contributed by atoms with Crippen molar-refractivity contribution in [2.45, 2.75) is 25.4 Å².